The van der Waals surface area contributed by atoms with Crippen molar-refractivity contribution in [1.82, 2.24) is 5.32 Å². The summed E-state index contributed by atoms with van der Waals surface area (Å²) in [7, 11) is 1.57. The molecule has 0 aliphatic rings. The Labute approximate surface area is 122 Å². The van der Waals surface area contributed by atoms with Crippen molar-refractivity contribution in [3.05, 3.63) is 65.2 Å². The van der Waals surface area contributed by atoms with Gasteiger partial charge in [-0.25, -0.2) is 8.78 Å². The van der Waals surface area contributed by atoms with Gasteiger partial charge in [0.1, 0.15) is 17.4 Å². The number of nitrogens with one attached hydrogen (secondary N) is 1. The molecular weight excluding hydrogens is 276 g/mol. The van der Waals surface area contributed by atoms with Gasteiger partial charge in [-0.2, -0.15) is 0 Å². The number of rotatable bonds is 6. The van der Waals surface area contributed by atoms with Crippen molar-refractivity contribution in [2.24, 2.45) is 0 Å². The lowest BCUT2D eigenvalue weighted by Crippen LogP contribution is -2.21. The SMILES string of the molecule is COc1ccc(C(O)CNCc2cc(F)ccc2F)cc1. The molecule has 0 aliphatic heterocycles. The smallest absolute Gasteiger partial charge is 0.127 e. The Bertz CT molecular complexity index is 587. The molecule has 0 spiro atoms. The molecule has 0 aromatic heterocycles. The van der Waals surface area contributed by atoms with E-state index in [0.29, 0.717) is 5.75 Å². The van der Waals surface area contributed by atoms with Gasteiger partial charge in [0, 0.05) is 18.7 Å². The molecule has 0 fully saturated rings. The highest BCUT2D eigenvalue weighted by atomic mass is 19.1. The first kappa shape index (κ1) is 15.4. The summed E-state index contributed by atoms with van der Waals surface area (Å²) in [6, 6.07) is 10.3. The molecule has 0 saturated heterocycles. The normalized spacial score (nSPS) is 12.2. The van der Waals surface area contributed by atoms with Crippen molar-refractivity contribution in [1.29, 1.82) is 0 Å². The van der Waals surface area contributed by atoms with Gasteiger partial charge in [-0.15, -0.1) is 0 Å². The first-order valence-electron chi connectivity index (χ1n) is 6.57. The Kier molecular flexibility index (Phi) is 5.25. The van der Waals surface area contributed by atoms with Gasteiger partial charge in [0.25, 0.3) is 0 Å². The molecule has 21 heavy (non-hydrogen) atoms. The van der Waals surface area contributed by atoms with E-state index in [1.54, 1.807) is 31.4 Å². The Balaban J connectivity index is 1.88. The number of methoxy groups -OCH3 is 1. The molecule has 5 heteroatoms. The summed E-state index contributed by atoms with van der Waals surface area (Å²) in [5, 5.41) is 12.9. The van der Waals surface area contributed by atoms with Crippen LogP contribution in [0.3, 0.4) is 0 Å². The van der Waals surface area contributed by atoms with Crippen LogP contribution in [0.4, 0.5) is 8.78 Å². The van der Waals surface area contributed by atoms with E-state index in [1.165, 1.54) is 0 Å². The molecule has 0 aliphatic carbocycles. The molecule has 0 radical (unpaired) electrons. The van der Waals surface area contributed by atoms with Crippen molar-refractivity contribution in [2.75, 3.05) is 13.7 Å². The fraction of sp³-hybridized carbons (Fsp3) is 0.250. The summed E-state index contributed by atoms with van der Waals surface area (Å²) >= 11 is 0. The standard InChI is InChI=1S/C16H17F2NO2/c1-21-14-5-2-11(3-6-14)16(20)10-19-9-12-8-13(17)4-7-15(12)18/h2-8,16,19-20H,9-10H2,1H3. The molecule has 2 aromatic carbocycles. The van der Waals surface area contributed by atoms with E-state index in [-0.39, 0.29) is 18.7 Å². The lowest BCUT2D eigenvalue weighted by atomic mass is 10.1. The van der Waals surface area contributed by atoms with Crippen LogP contribution in [0.1, 0.15) is 17.2 Å². The summed E-state index contributed by atoms with van der Waals surface area (Å²) in [5.74, 6) is -0.243. The van der Waals surface area contributed by atoms with Crippen LogP contribution in [0, 0.1) is 11.6 Å². The maximum absolute atomic E-state index is 13.4. The molecular formula is C16H17F2NO2. The fourth-order valence-corrected chi connectivity index (χ4v) is 1.97. The zero-order valence-corrected chi connectivity index (χ0v) is 11.6. The predicted octanol–water partition coefficient (Wildman–Crippen LogP) is 2.80. The molecule has 0 bridgehead atoms. The van der Waals surface area contributed by atoms with Crippen molar-refractivity contribution in [3.63, 3.8) is 0 Å². The highest BCUT2D eigenvalue weighted by Crippen LogP contribution is 2.17. The summed E-state index contributed by atoms with van der Waals surface area (Å²) in [5.41, 5.74) is 0.958. The second-order valence-electron chi connectivity index (χ2n) is 4.66. The molecule has 0 heterocycles. The van der Waals surface area contributed by atoms with E-state index in [0.717, 1.165) is 23.8 Å². The second-order valence-corrected chi connectivity index (χ2v) is 4.66. The van der Waals surface area contributed by atoms with Crippen LogP contribution in [-0.2, 0) is 6.54 Å². The van der Waals surface area contributed by atoms with Crippen molar-refractivity contribution >= 4 is 0 Å². The highest BCUT2D eigenvalue weighted by Gasteiger charge is 2.08. The average molecular weight is 293 g/mol. The molecule has 2 aromatic rings. The average Bonchev–Trinajstić information content (AvgIpc) is 2.50. The third-order valence-corrected chi connectivity index (χ3v) is 3.16. The van der Waals surface area contributed by atoms with Gasteiger partial charge in [-0.1, -0.05) is 12.1 Å². The minimum Gasteiger partial charge on any atom is -0.497 e. The largest absolute Gasteiger partial charge is 0.497 e. The van der Waals surface area contributed by atoms with Crippen LogP contribution in [0.15, 0.2) is 42.5 Å². The van der Waals surface area contributed by atoms with E-state index in [1.807, 2.05) is 0 Å². The van der Waals surface area contributed by atoms with E-state index in [2.05, 4.69) is 5.32 Å². The number of hydrogen-bond acceptors (Lipinski definition) is 3. The predicted molar refractivity (Wildman–Crippen MR) is 76.0 cm³/mol. The first-order valence-corrected chi connectivity index (χ1v) is 6.57. The van der Waals surface area contributed by atoms with E-state index in [9.17, 15) is 13.9 Å². The third kappa shape index (κ3) is 4.24. The molecule has 2 rings (SSSR count). The molecule has 0 amide bonds. The van der Waals surface area contributed by atoms with Gasteiger partial charge in [0.05, 0.1) is 13.2 Å². The second kappa shape index (κ2) is 7.15. The number of halogens is 2. The molecule has 3 nitrogen and oxygen atoms in total. The number of ether oxygens (including phenoxy) is 1. The Morgan fingerprint density at radius 3 is 2.52 bits per heavy atom. The van der Waals surface area contributed by atoms with Crippen LogP contribution in [0.5, 0.6) is 5.75 Å². The quantitative estimate of drug-likeness (QED) is 0.860. The topological polar surface area (TPSA) is 41.5 Å². The van der Waals surface area contributed by atoms with Crippen LogP contribution < -0.4 is 10.1 Å². The summed E-state index contributed by atoms with van der Waals surface area (Å²) < 4.78 is 31.5. The van der Waals surface area contributed by atoms with E-state index >= 15 is 0 Å². The minimum absolute atomic E-state index is 0.150. The molecule has 0 saturated carbocycles. The zero-order chi connectivity index (χ0) is 15.2. The van der Waals surface area contributed by atoms with Gasteiger partial charge >= 0.3 is 0 Å². The van der Waals surface area contributed by atoms with Gasteiger partial charge < -0.3 is 15.2 Å². The monoisotopic (exact) mass is 293 g/mol. The summed E-state index contributed by atoms with van der Waals surface area (Å²) in [6.45, 7) is 0.388. The van der Waals surface area contributed by atoms with Crippen LogP contribution in [0.2, 0.25) is 0 Å². The van der Waals surface area contributed by atoms with Crippen LogP contribution >= 0.6 is 0 Å². The van der Waals surface area contributed by atoms with Gasteiger partial charge in [0.2, 0.25) is 0 Å². The summed E-state index contributed by atoms with van der Waals surface area (Å²) in [6.07, 6.45) is -0.729. The van der Waals surface area contributed by atoms with Crippen molar-refractivity contribution in [2.45, 2.75) is 12.6 Å². The van der Waals surface area contributed by atoms with Crippen LogP contribution in [-0.4, -0.2) is 18.8 Å². The Morgan fingerprint density at radius 2 is 1.86 bits per heavy atom. The molecule has 1 atom stereocenters. The fourth-order valence-electron chi connectivity index (χ4n) is 1.97. The number of hydrogen-bond donors (Lipinski definition) is 2. The lowest BCUT2D eigenvalue weighted by molar-refractivity contribution is 0.174. The zero-order valence-electron chi connectivity index (χ0n) is 11.6. The van der Waals surface area contributed by atoms with Gasteiger partial charge in [0.15, 0.2) is 0 Å². The van der Waals surface area contributed by atoms with Crippen molar-refractivity contribution in [3.8, 4) is 5.75 Å². The van der Waals surface area contributed by atoms with Gasteiger partial charge in [-0.3, -0.25) is 0 Å². The number of benzene rings is 2. The maximum atomic E-state index is 13.4. The minimum atomic E-state index is -0.729. The molecule has 112 valence electrons. The Hall–Kier alpha value is -1.98. The summed E-state index contributed by atoms with van der Waals surface area (Å²) in [4.78, 5) is 0. The van der Waals surface area contributed by atoms with Crippen LogP contribution in [0.25, 0.3) is 0 Å². The van der Waals surface area contributed by atoms with E-state index in [4.69, 9.17) is 4.74 Å². The maximum Gasteiger partial charge on any atom is 0.127 e. The lowest BCUT2D eigenvalue weighted by Gasteiger charge is -2.13. The molecule has 2 N–H and O–H groups in total. The molecule has 1 unspecified atom stereocenters. The number of aliphatic hydroxyl groups excluding tert-OH is 1. The van der Waals surface area contributed by atoms with Crippen molar-refractivity contribution < 1.29 is 18.6 Å². The third-order valence-electron chi connectivity index (χ3n) is 3.16. The van der Waals surface area contributed by atoms with Gasteiger partial charge in [-0.05, 0) is 35.9 Å². The highest BCUT2D eigenvalue weighted by molar-refractivity contribution is 5.28. The first-order chi connectivity index (χ1) is 10.1. The number of aliphatic hydroxyl groups is 1. The van der Waals surface area contributed by atoms with E-state index < -0.39 is 17.7 Å². The Morgan fingerprint density at radius 1 is 1.14 bits per heavy atom.